The maximum absolute atomic E-state index is 14.0. The van der Waals surface area contributed by atoms with Gasteiger partial charge in [0.05, 0.1) is 45.3 Å². The number of benzene rings is 6. The molecule has 2 heterocycles. The molecule has 0 aliphatic carbocycles. The predicted octanol–water partition coefficient (Wildman–Crippen LogP) is 10.8. The Hall–Kier alpha value is -7.04. The van der Waals surface area contributed by atoms with Crippen LogP contribution in [0.25, 0.3) is 0 Å². The number of nitrogens with zero attached hydrogens (tertiary/aromatic N) is 3. The van der Waals surface area contributed by atoms with Crippen LogP contribution in [0.1, 0.15) is 113 Å². The summed E-state index contributed by atoms with van der Waals surface area (Å²) >= 11 is 12.6. The highest BCUT2D eigenvalue weighted by Gasteiger charge is 2.39. The lowest BCUT2D eigenvalue weighted by Crippen LogP contribution is -2.32. The molecule has 4 amide bonds. The minimum absolute atomic E-state index is 0.0217. The van der Waals surface area contributed by atoms with E-state index in [4.69, 9.17) is 47.2 Å². The van der Waals surface area contributed by atoms with Crippen molar-refractivity contribution in [2.75, 3.05) is 100 Å². The van der Waals surface area contributed by atoms with E-state index in [1.165, 1.54) is 18.9 Å². The maximum Gasteiger partial charge on any atom is 0.508 e. The van der Waals surface area contributed by atoms with Crippen molar-refractivity contribution < 1.29 is 67.5 Å². The van der Waals surface area contributed by atoms with Crippen molar-refractivity contribution in [3.05, 3.63) is 187 Å². The number of amides is 4. The summed E-state index contributed by atoms with van der Waals surface area (Å²) < 4.78 is 36.6. The van der Waals surface area contributed by atoms with Crippen LogP contribution in [0.2, 0.25) is 10.0 Å². The molecule has 2 aliphatic rings. The summed E-state index contributed by atoms with van der Waals surface area (Å²) in [7, 11) is -1.41. The molecule has 0 bridgehead atoms. The van der Waals surface area contributed by atoms with Crippen molar-refractivity contribution >= 4 is 83.5 Å². The van der Waals surface area contributed by atoms with Crippen molar-refractivity contribution in [3.8, 4) is 0 Å². The smallest absolute Gasteiger partial charge is 0.438 e. The van der Waals surface area contributed by atoms with Crippen LogP contribution in [0.5, 0.6) is 0 Å². The SMILES string of the molecule is COC(=O)OC1CCCN(C(=O)c2ccc(NC(=O)c3ccccc3C)cc2C)c2ccc(Cl)cc21.COP(=O)(OC1CCCN(C(=O)c2ccc(NC(=O)c3ccccc3C)cc2C)c2ccc(Cl)cc21)N(CCO)CCO.OCCNCCO. The van der Waals surface area contributed by atoms with Crippen LogP contribution >= 0.6 is 30.9 Å². The van der Waals surface area contributed by atoms with Crippen LogP contribution in [0.15, 0.2) is 121 Å². The lowest BCUT2D eigenvalue weighted by Gasteiger charge is -2.31. The molecule has 8 rings (SSSR count). The van der Waals surface area contributed by atoms with Crippen LogP contribution < -0.4 is 25.8 Å². The molecule has 20 nitrogen and oxygen atoms in total. The number of nitrogens with one attached hydrogen (secondary N) is 3. The second kappa shape index (κ2) is 33.2. The Morgan fingerprint density at radius 2 is 1.01 bits per heavy atom. The Morgan fingerprint density at radius 1 is 0.570 bits per heavy atom. The zero-order valence-electron chi connectivity index (χ0n) is 49.0. The number of fused-ring (bicyclic) bond motifs is 2. The fourth-order valence-electron chi connectivity index (χ4n) is 9.86. The van der Waals surface area contributed by atoms with E-state index < -0.39 is 26.1 Å². The van der Waals surface area contributed by atoms with Gasteiger partial charge in [-0.25, -0.2) is 14.0 Å². The van der Waals surface area contributed by atoms with Gasteiger partial charge >= 0.3 is 13.9 Å². The molecule has 3 unspecified atom stereocenters. The molecule has 460 valence electrons. The van der Waals surface area contributed by atoms with Crippen molar-refractivity contribution in [2.24, 2.45) is 0 Å². The molecular formula is C63H75Cl2N6O14P. The maximum atomic E-state index is 14.0. The highest BCUT2D eigenvalue weighted by Crippen LogP contribution is 2.56. The van der Waals surface area contributed by atoms with Crippen LogP contribution in [0.4, 0.5) is 27.5 Å². The highest BCUT2D eigenvalue weighted by atomic mass is 35.5. The quantitative estimate of drug-likeness (QED) is 0.0226. The van der Waals surface area contributed by atoms with E-state index >= 15 is 0 Å². The number of carbonyl (C=O) groups is 5. The Bertz CT molecular complexity index is 3360. The van der Waals surface area contributed by atoms with E-state index in [9.17, 15) is 38.8 Å². The number of halogens is 2. The molecule has 6 aromatic rings. The number of hydrogen-bond donors (Lipinski definition) is 7. The summed E-state index contributed by atoms with van der Waals surface area (Å²) in [5.74, 6) is -0.866. The first kappa shape index (κ1) is 68.1. The molecule has 7 N–H and O–H groups in total. The van der Waals surface area contributed by atoms with Gasteiger partial charge in [0.25, 0.3) is 23.6 Å². The molecule has 86 heavy (non-hydrogen) atoms. The third kappa shape index (κ3) is 18.0. The van der Waals surface area contributed by atoms with Gasteiger partial charge in [-0.3, -0.25) is 28.2 Å². The lowest BCUT2D eigenvalue weighted by atomic mass is 10.0. The second-order valence-corrected chi connectivity index (χ2v) is 23.1. The third-order valence-electron chi connectivity index (χ3n) is 14.2. The van der Waals surface area contributed by atoms with Gasteiger partial charge in [0.1, 0.15) is 6.10 Å². The molecule has 0 fully saturated rings. The zero-order chi connectivity index (χ0) is 62.5. The summed E-state index contributed by atoms with van der Waals surface area (Å²) in [6.07, 6.45) is -0.0281. The molecule has 3 atom stereocenters. The van der Waals surface area contributed by atoms with Gasteiger partial charge in [-0.2, -0.15) is 0 Å². The average molecular weight is 1240 g/mol. The second-order valence-electron chi connectivity index (χ2n) is 20.1. The number of anilines is 4. The van der Waals surface area contributed by atoms with Gasteiger partial charge in [0, 0.05) is 107 Å². The van der Waals surface area contributed by atoms with Gasteiger partial charge in [-0.15, -0.1) is 0 Å². The van der Waals surface area contributed by atoms with E-state index in [1.54, 1.807) is 94.7 Å². The Balaban J connectivity index is 0.000000250. The van der Waals surface area contributed by atoms with Gasteiger partial charge in [0.15, 0.2) is 0 Å². The van der Waals surface area contributed by atoms with Crippen LogP contribution in [-0.2, 0) is 23.1 Å². The highest BCUT2D eigenvalue weighted by molar-refractivity contribution is 7.51. The largest absolute Gasteiger partial charge is 0.508 e. The fraction of sp³-hybridized carbons (Fsp3) is 0.349. The first-order valence-corrected chi connectivity index (χ1v) is 30.2. The lowest BCUT2D eigenvalue weighted by molar-refractivity contribution is 0.0334. The summed E-state index contributed by atoms with van der Waals surface area (Å²) in [4.78, 5) is 68.3. The molecule has 6 aromatic carbocycles. The Morgan fingerprint density at radius 3 is 1.42 bits per heavy atom. The number of methoxy groups -OCH3 is 1. The molecule has 0 saturated heterocycles. The molecule has 0 spiro atoms. The first-order valence-electron chi connectivity index (χ1n) is 28.0. The van der Waals surface area contributed by atoms with Crippen LogP contribution in [0, 0.1) is 27.7 Å². The van der Waals surface area contributed by atoms with E-state index in [2.05, 4.69) is 20.7 Å². The molecule has 2 aliphatic heterocycles. The van der Waals surface area contributed by atoms with Gasteiger partial charge in [0.2, 0.25) is 0 Å². The zero-order valence-corrected chi connectivity index (χ0v) is 51.4. The number of rotatable bonds is 19. The van der Waals surface area contributed by atoms with Gasteiger partial charge in [-0.05, 0) is 161 Å². The van der Waals surface area contributed by atoms with Gasteiger partial charge < -0.3 is 55.7 Å². The number of aliphatic hydroxyl groups is 4. The number of aliphatic hydroxyl groups excluding tert-OH is 4. The topological polar surface area (TPSA) is 266 Å². The number of ether oxygens (including phenoxy) is 2. The summed E-state index contributed by atoms with van der Waals surface area (Å²) in [5.41, 5.74) is 8.90. The van der Waals surface area contributed by atoms with Crippen molar-refractivity contribution in [1.82, 2.24) is 9.99 Å². The molecule has 0 aromatic heterocycles. The monoisotopic (exact) mass is 1240 g/mol. The van der Waals surface area contributed by atoms with Crippen LogP contribution in [-0.4, -0.2) is 135 Å². The number of aryl methyl sites for hydroxylation is 4. The Labute approximate surface area is 511 Å². The van der Waals surface area contributed by atoms with E-state index in [-0.39, 0.29) is 63.1 Å². The summed E-state index contributed by atoms with van der Waals surface area (Å²) in [5, 5.41) is 44.8. The standard InChI is InChI=1S/C31H37ClN3O7P.C28H27ClN2O5.C4H11NO2/c1-21-7-4-5-8-25(21)30(38)33-24-11-12-26(22(2)19-24)31(39)35-14-6-9-29(27-20-23(32)10-13-28(27)35)42-43(40,41-3)34(15-17-36)16-18-37;1-17-7-4-5-8-21(17)26(32)30-20-11-12-22(18(2)15-20)27(33)31-14-6-9-25(36-28(34)35-3)23-16-19(29)10-13-24(23)31;6-3-1-5-2-4-7/h4-5,7-8,10-13,19-20,29,36-37H,6,9,14-18H2,1-3H3,(H,33,38);4-5,7-8,10-13,15-16,25H,6,9,14H2,1-3H3,(H,30,32);5-7H,1-4H2. The van der Waals surface area contributed by atoms with E-state index in [0.29, 0.717) is 124 Å². The van der Waals surface area contributed by atoms with Crippen molar-refractivity contribution in [2.45, 2.75) is 65.6 Å². The minimum atomic E-state index is -3.92. The van der Waals surface area contributed by atoms with Crippen LogP contribution in [0.3, 0.4) is 0 Å². The normalized spacial score (nSPS) is 15.2. The minimum Gasteiger partial charge on any atom is -0.438 e. The molecule has 0 radical (unpaired) electrons. The summed E-state index contributed by atoms with van der Waals surface area (Å²) in [6, 6.07) is 35.4. The van der Waals surface area contributed by atoms with Gasteiger partial charge in [-0.1, -0.05) is 59.6 Å². The summed E-state index contributed by atoms with van der Waals surface area (Å²) in [6.45, 7) is 8.98. The fourth-order valence-corrected chi connectivity index (χ4v) is 11.9. The first-order chi connectivity index (χ1) is 41.3. The van der Waals surface area contributed by atoms with Crippen molar-refractivity contribution in [3.63, 3.8) is 0 Å². The number of hydrogen-bond acceptors (Lipinski definition) is 15. The number of carbonyl (C=O) groups excluding carboxylic acids is 5. The molecule has 0 saturated carbocycles. The third-order valence-corrected chi connectivity index (χ3v) is 16.7. The van der Waals surface area contributed by atoms with E-state index in [1.807, 2.05) is 64.1 Å². The predicted molar refractivity (Wildman–Crippen MR) is 333 cm³/mol. The average Bonchev–Trinajstić information content (AvgIpc) is 2.23. The molecular weight excluding hydrogens is 1170 g/mol. The van der Waals surface area contributed by atoms with E-state index in [0.717, 1.165) is 16.7 Å². The molecule has 23 heteroatoms. The van der Waals surface area contributed by atoms with Crippen molar-refractivity contribution in [1.29, 1.82) is 0 Å². The Kier molecular flexibility index (Phi) is 26.3.